The molecule has 2 saturated heterocycles. The SMILES string of the molecule is CCOc1cccc([C@H]2C3=CC[C@@H]4C(=O)N(C5CCCCC5)C(=O)[C@@H]4[C@@H]3C[C@H]3C(=O)N(c4cccc(Cl)c4)C(=O)[C@@]23c2ccccc2)c1O. The number of hydrogen-bond donors (Lipinski definition) is 1. The van der Waals surface area contributed by atoms with Crippen LogP contribution in [-0.4, -0.2) is 46.3 Å². The van der Waals surface area contributed by atoms with Crippen LogP contribution in [-0.2, 0) is 24.6 Å². The van der Waals surface area contributed by atoms with Gasteiger partial charge >= 0.3 is 0 Å². The number of para-hydroxylation sites is 1. The van der Waals surface area contributed by atoms with Gasteiger partial charge in [0.25, 0.3) is 0 Å². The van der Waals surface area contributed by atoms with Crippen LogP contribution in [0.4, 0.5) is 5.69 Å². The minimum Gasteiger partial charge on any atom is -0.504 e. The van der Waals surface area contributed by atoms with Crippen LogP contribution in [0, 0.1) is 23.7 Å². The summed E-state index contributed by atoms with van der Waals surface area (Å²) in [4.78, 5) is 61.6. The number of carbonyl (C=O) groups is 4. The van der Waals surface area contributed by atoms with Gasteiger partial charge in [0.05, 0.1) is 35.5 Å². The van der Waals surface area contributed by atoms with Crippen LogP contribution in [0.15, 0.2) is 84.4 Å². The van der Waals surface area contributed by atoms with E-state index in [1.807, 2.05) is 43.3 Å². The highest BCUT2D eigenvalue weighted by Crippen LogP contribution is 2.65. The van der Waals surface area contributed by atoms with Crippen LogP contribution in [0.25, 0.3) is 0 Å². The fraction of sp³-hybridized carbons (Fsp3) is 0.400. The third kappa shape index (κ3) is 4.63. The Morgan fingerprint density at radius 3 is 2.37 bits per heavy atom. The predicted molar refractivity (Wildman–Crippen MR) is 184 cm³/mol. The number of likely N-dealkylation sites (tertiary alicyclic amines) is 1. The number of benzene rings is 3. The van der Waals surface area contributed by atoms with E-state index in [2.05, 4.69) is 0 Å². The normalized spacial score (nSPS) is 29.8. The second-order valence-corrected chi connectivity index (χ2v) is 14.5. The predicted octanol–water partition coefficient (Wildman–Crippen LogP) is 6.94. The summed E-state index contributed by atoms with van der Waals surface area (Å²) in [6, 6.07) is 21.2. The zero-order valence-corrected chi connectivity index (χ0v) is 28.1. The van der Waals surface area contributed by atoms with Gasteiger partial charge in [-0.3, -0.25) is 24.1 Å². The number of rotatable bonds is 6. The van der Waals surface area contributed by atoms with E-state index >= 15 is 4.79 Å². The second kappa shape index (κ2) is 12.2. The molecule has 0 bridgehead atoms. The first-order valence-corrected chi connectivity index (χ1v) is 17.9. The average Bonchev–Trinajstić information content (AvgIpc) is 3.51. The van der Waals surface area contributed by atoms with Crippen molar-refractivity contribution < 1.29 is 29.0 Å². The standard InChI is InChI=1S/C40H39ClN2O6/c1-2-49-32-18-10-17-29(35(32)44)34-27-19-20-28-33(38(47)42(36(28)45)25-14-7-4-8-15-25)30(27)22-31-37(46)43(26-16-9-13-24(41)21-26)39(48)40(31,34)23-11-5-3-6-12-23/h3,5-6,9-13,16-19,21,25,28,30-31,33-34,44H,2,4,7-8,14-15,20,22H2,1H3/t28-,30+,31-,33-,34+,40+/m0/s1. The number of anilines is 1. The van der Waals surface area contributed by atoms with Crippen LogP contribution < -0.4 is 9.64 Å². The lowest BCUT2D eigenvalue weighted by atomic mass is 9.49. The van der Waals surface area contributed by atoms with E-state index in [-0.39, 0.29) is 41.7 Å². The Labute approximate surface area is 290 Å². The van der Waals surface area contributed by atoms with Gasteiger partial charge in [-0.15, -0.1) is 0 Å². The Balaban J connectivity index is 1.36. The number of phenolic OH excluding ortho intramolecular Hbond substituents is 1. The molecule has 3 aliphatic carbocycles. The second-order valence-electron chi connectivity index (χ2n) is 14.1. The molecular formula is C40H39ClN2O6. The van der Waals surface area contributed by atoms with Crippen molar-refractivity contribution in [1.82, 2.24) is 4.90 Å². The molecule has 3 aromatic rings. The number of allylic oxidation sites excluding steroid dienone is 2. The van der Waals surface area contributed by atoms with Crippen molar-refractivity contribution >= 4 is 40.9 Å². The topological polar surface area (TPSA) is 104 Å². The molecule has 0 aromatic heterocycles. The van der Waals surface area contributed by atoms with Crippen LogP contribution in [0.2, 0.25) is 5.02 Å². The van der Waals surface area contributed by atoms with Crippen LogP contribution in [0.1, 0.15) is 68.9 Å². The molecule has 1 N–H and O–H groups in total. The Morgan fingerprint density at radius 2 is 1.63 bits per heavy atom. The van der Waals surface area contributed by atoms with E-state index < -0.39 is 40.9 Å². The lowest BCUT2D eigenvalue weighted by Crippen LogP contribution is -2.53. The molecule has 0 radical (unpaired) electrons. The van der Waals surface area contributed by atoms with Crippen molar-refractivity contribution in [3.63, 3.8) is 0 Å². The smallest absolute Gasteiger partial charge is 0.246 e. The average molecular weight is 679 g/mol. The zero-order valence-electron chi connectivity index (χ0n) is 27.4. The van der Waals surface area contributed by atoms with Gasteiger partial charge in [-0.1, -0.05) is 91.0 Å². The molecule has 2 heterocycles. The first-order chi connectivity index (χ1) is 23.8. The van der Waals surface area contributed by atoms with E-state index in [1.54, 1.807) is 47.4 Å². The molecule has 4 fully saturated rings. The highest BCUT2D eigenvalue weighted by Gasteiger charge is 2.70. The summed E-state index contributed by atoms with van der Waals surface area (Å²) in [5.41, 5.74) is 0.805. The molecule has 4 amide bonds. The van der Waals surface area contributed by atoms with Gasteiger partial charge in [0, 0.05) is 22.5 Å². The molecule has 5 aliphatic rings. The zero-order chi connectivity index (χ0) is 34.0. The number of nitrogens with zero attached hydrogens (tertiary/aromatic N) is 2. The number of aromatic hydroxyl groups is 1. The van der Waals surface area contributed by atoms with Crippen LogP contribution in [0.5, 0.6) is 11.5 Å². The molecule has 3 aromatic carbocycles. The van der Waals surface area contributed by atoms with Gasteiger partial charge in [0.1, 0.15) is 0 Å². The van der Waals surface area contributed by atoms with Gasteiger partial charge in [-0.05, 0) is 68.4 Å². The summed E-state index contributed by atoms with van der Waals surface area (Å²) < 4.78 is 5.84. The largest absolute Gasteiger partial charge is 0.504 e. The van der Waals surface area contributed by atoms with Gasteiger partial charge in [0.2, 0.25) is 23.6 Å². The minimum absolute atomic E-state index is 0.105. The van der Waals surface area contributed by atoms with Gasteiger partial charge in [0.15, 0.2) is 11.5 Å². The Kier molecular flexibility index (Phi) is 7.90. The molecule has 0 unspecified atom stereocenters. The maximum Gasteiger partial charge on any atom is 0.246 e. The Hall–Kier alpha value is -4.43. The summed E-state index contributed by atoms with van der Waals surface area (Å²) in [5.74, 6) is -4.29. The maximum absolute atomic E-state index is 15.4. The third-order valence-electron chi connectivity index (χ3n) is 11.8. The van der Waals surface area contributed by atoms with Crippen LogP contribution >= 0.6 is 11.6 Å². The van der Waals surface area contributed by atoms with Gasteiger partial charge in [-0.2, -0.15) is 0 Å². The fourth-order valence-corrected chi connectivity index (χ4v) is 10.0. The molecule has 0 spiro atoms. The van der Waals surface area contributed by atoms with Crippen molar-refractivity contribution in [3.05, 3.63) is 101 Å². The first kappa shape index (κ1) is 31.8. The number of ether oxygens (including phenoxy) is 1. The maximum atomic E-state index is 15.4. The number of phenols is 1. The highest BCUT2D eigenvalue weighted by atomic mass is 35.5. The molecular weight excluding hydrogens is 640 g/mol. The number of hydrogen-bond acceptors (Lipinski definition) is 6. The summed E-state index contributed by atoms with van der Waals surface area (Å²) in [7, 11) is 0. The number of carbonyl (C=O) groups excluding carboxylic acids is 4. The van der Waals surface area contributed by atoms with E-state index in [1.165, 1.54) is 4.90 Å². The number of imide groups is 2. The molecule has 2 saturated carbocycles. The molecule has 6 atom stereocenters. The lowest BCUT2D eigenvalue weighted by molar-refractivity contribution is -0.143. The van der Waals surface area contributed by atoms with E-state index in [0.717, 1.165) is 37.7 Å². The van der Waals surface area contributed by atoms with Crippen molar-refractivity contribution in [2.45, 2.75) is 69.2 Å². The minimum atomic E-state index is -1.47. The van der Waals surface area contributed by atoms with Crippen molar-refractivity contribution in [3.8, 4) is 11.5 Å². The third-order valence-corrected chi connectivity index (χ3v) is 12.0. The molecule has 252 valence electrons. The number of fused-ring (bicyclic) bond motifs is 4. The van der Waals surface area contributed by atoms with Crippen molar-refractivity contribution in [2.24, 2.45) is 23.7 Å². The number of amides is 4. The summed E-state index contributed by atoms with van der Waals surface area (Å²) in [6.07, 6.45) is 7.28. The first-order valence-electron chi connectivity index (χ1n) is 17.5. The van der Waals surface area contributed by atoms with Crippen molar-refractivity contribution in [1.29, 1.82) is 0 Å². The van der Waals surface area contributed by atoms with E-state index in [4.69, 9.17) is 16.3 Å². The van der Waals surface area contributed by atoms with Gasteiger partial charge in [-0.25, -0.2) is 4.90 Å². The number of halogens is 1. The van der Waals surface area contributed by atoms with E-state index in [9.17, 15) is 19.5 Å². The molecule has 8 nitrogen and oxygen atoms in total. The molecule has 8 rings (SSSR count). The molecule has 9 heteroatoms. The summed E-state index contributed by atoms with van der Waals surface area (Å²) in [6.45, 7) is 2.15. The lowest BCUT2D eigenvalue weighted by Gasteiger charge is -2.50. The summed E-state index contributed by atoms with van der Waals surface area (Å²) in [5, 5.41) is 12.3. The van der Waals surface area contributed by atoms with Crippen molar-refractivity contribution in [2.75, 3.05) is 11.5 Å². The quantitative estimate of drug-likeness (QED) is 0.224. The van der Waals surface area contributed by atoms with E-state index in [0.29, 0.717) is 34.9 Å². The van der Waals surface area contributed by atoms with Crippen LogP contribution in [0.3, 0.4) is 0 Å². The Bertz CT molecular complexity index is 1890. The Morgan fingerprint density at radius 1 is 0.878 bits per heavy atom. The van der Waals surface area contributed by atoms with Gasteiger partial charge < -0.3 is 9.84 Å². The monoisotopic (exact) mass is 678 g/mol. The summed E-state index contributed by atoms with van der Waals surface area (Å²) >= 11 is 6.40. The molecule has 2 aliphatic heterocycles. The highest BCUT2D eigenvalue weighted by molar-refractivity contribution is 6.32. The fourth-order valence-electron chi connectivity index (χ4n) is 9.86. The molecule has 49 heavy (non-hydrogen) atoms.